The maximum atomic E-state index is 13.1. The highest BCUT2D eigenvalue weighted by Crippen LogP contribution is 2.37. The Kier molecular flexibility index (Phi) is 5.25. The molecule has 0 aromatic carbocycles. The van der Waals surface area contributed by atoms with Gasteiger partial charge in [-0.1, -0.05) is 5.16 Å². The van der Waals surface area contributed by atoms with Crippen LogP contribution in [-0.2, 0) is 18.4 Å². The topological polar surface area (TPSA) is 82.0 Å². The van der Waals surface area contributed by atoms with Crippen LogP contribution in [0.15, 0.2) is 23.1 Å². The zero-order valence-corrected chi connectivity index (χ0v) is 17.6. The van der Waals surface area contributed by atoms with Gasteiger partial charge in [-0.2, -0.15) is 10.2 Å². The van der Waals surface area contributed by atoms with Crippen molar-refractivity contribution in [3.05, 3.63) is 41.1 Å². The number of hydrogen-bond acceptors (Lipinski definition) is 5. The highest BCUT2D eigenvalue weighted by molar-refractivity contribution is 5.77. The van der Waals surface area contributed by atoms with Crippen molar-refractivity contribution in [3.63, 3.8) is 0 Å². The second kappa shape index (κ2) is 7.85. The molecule has 0 unspecified atom stereocenters. The first kappa shape index (κ1) is 19.4. The molecule has 0 saturated carbocycles. The Bertz CT molecular complexity index is 1010. The first-order chi connectivity index (χ1) is 13.9. The average molecular weight is 396 g/mol. The van der Waals surface area contributed by atoms with Gasteiger partial charge in [0.1, 0.15) is 0 Å². The molecule has 0 N–H and O–H groups in total. The monoisotopic (exact) mass is 396 g/mol. The summed E-state index contributed by atoms with van der Waals surface area (Å²) in [6.07, 6.45) is 9.18. The predicted octanol–water partition coefficient (Wildman–Crippen LogP) is 3.34. The Labute approximate surface area is 170 Å². The van der Waals surface area contributed by atoms with Crippen molar-refractivity contribution in [2.24, 2.45) is 7.05 Å². The Morgan fingerprint density at radius 1 is 1.24 bits per heavy atom. The molecule has 1 fully saturated rings. The number of likely N-dealkylation sites (tertiary alicyclic amines) is 1. The zero-order valence-electron chi connectivity index (χ0n) is 17.6. The number of rotatable bonds is 5. The largest absolute Gasteiger partial charge is 0.356 e. The fraction of sp³-hybridized carbons (Fsp3) is 0.524. The van der Waals surface area contributed by atoms with Crippen LogP contribution in [0.1, 0.15) is 54.2 Å². The number of piperidine rings is 1. The van der Waals surface area contributed by atoms with Crippen LogP contribution in [0, 0.1) is 20.8 Å². The van der Waals surface area contributed by atoms with Crippen LogP contribution in [0.2, 0.25) is 0 Å². The minimum absolute atomic E-state index is 0.0448. The molecule has 1 atom stereocenters. The van der Waals surface area contributed by atoms with Gasteiger partial charge in [0.15, 0.2) is 5.76 Å². The SMILES string of the molecule is Cc1cnn(CCC(=O)N2CCCC[C@@H]2c2nn(C)cc2-c2onc(C)c2C)c1. The van der Waals surface area contributed by atoms with Gasteiger partial charge in [0.25, 0.3) is 0 Å². The summed E-state index contributed by atoms with van der Waals surface area (Å²) in [5.41, 5.74) is 4.82. The number of carbonyl (C=O) groups is 1. The van der Waals surface area contributed by atoms with Crippen molar-refractivity contribution in [1.29, 1.82) is 0 Å². The van der Waals surface area contributed by atoms with Crippen LogP contribution in [0.5, 0.6) is 0 Å². The number of nitrogens with zero attached hydrogens (tertiary/aromatic N) is 6. The van der Waals surface area contributed by atoms with E-state index in [0.29, 0.717) is 13.0 Å². The van der Waals surface area contributed by atoms with Gasteiger partial charge in [-0.15, -0.1) is 0 Å². The van der Waals surface area contributed by atoms with Crippen molar-refractivity contribution in [1.82, 2.24) is 29.6 Å². The second-order valence-corrected chi connectivity index (χ2v) is 7.95. The predicted molar refractivity (Wildman–Crippen MR) is 108 cm³/mol. The number of carbonyl (C=O) groups excluding carboxylic acids is 1. The van der Waals surface area contributed by atoms with E-state index in [1.807, 2.05) is 56.0 Å². The van der Waals surface area contributed by atoms with Gasteiger partial charge in [-0.05, 0) is 45.6 Å². The van der Waals surface area contributed by atoms with Crippen LogP contribution in [0.25, 0.3) is 11.3 Å². The minimum atomic E-state index is -0.0448. The molecular weight excluding hydrogens is 368 g/mol. The van der Waals surface area contributed by atoms with Crippen LogP contribution in [-0.4, -0.2) is 42.1 Å². The molecule has 0 bridgehead atoms. The standard InChI is InChI=1S/C21H28N6O2/c1-14-11-22-26(12-14)10-8-19(28)27-9-6-5-7-18(27)20-17(13-25(4)23-20)21-15(2)16(3)24-29-21/h11-13,18H,5-10H2,1-4H3/t18-/m1/s1. The summed E-state index contributed by atoms with van der Waals surface area (Å²) in [5.74, 6) is 0.889. The Morgan fingerprint density at radius 3 is 2.76 bits per heavy atom. The number of aromatic nitrogens is 5. The lowest BCUT2D eigenvalue weighted by atomic mass is 9.95. The van der Waals surface area contributed by atoms with E-state index in [2.05, 4.69) is 10.3 Å². The number of aryl methyl sites for hydroxylation is 4. The molecule has 29 heavy (non-hydrogen) atoms. The Morgan fingerprint density at radius 2 is 2.07 bits per heavy atom. The van der Waals surface area contributed by atoms with Gasteiger partial charge < -0.3 is 9.42 Å². The Balaban J connectivity index is 1.59. The summed E-state index contributed by atoms with van der Waals surface area (Å²) in [4.78, 5) is 15.1. The molecule has 3 aromatic heterocycles. The van der Waals surface area contributed by atoms with E-state index in [0.717, 1.165) is 59.6 Å². The molecule has 4 heterocycles. The summed E-state index contributed by atoms with van der Waals surface area (Å²) >= 11 is 0. The average Bonchev–Trinajstić information content (AvgIpc) is 3.39. The molecular formula is C21H28N6O2. The van der Waals surface area contributed by atoms with Crippen molar-refractivity contribution < 1.29 is 9.32 Å². The molecule has 1 aliphatic rings. The fourth-order valence-electron chi connectivity index (χ4n) is 4.05. The van der Waals surface area contributed by atoms with Gasteiger partial charge >= 0.3 is 0 Å². The first-order valence-electron chi connectivity index (χ1n) is 10.2. The fourth-order valence-corrected chi connectivity index (χ4v) is 4.05. The maximum Gasteiger partial charge on any atom is 0.225 e. The molecule has 8 nitrogen and oxygen atoms in total. The van der Waals surface area contributed by atoms with Gasteiger partial charge in [0.2, 0.25) is 5.91 Å². The minimum Gasteiger partial charge on any atom is -0.356 e. The highest BCUT2D eigenvalue weighted by atomic mass is 16.5. The third-order valence-corrected chi connectivity index (χ3v) is 5.72. The molecule has 3 aromatic rings. The lowest BCUT2D eigenvalue weighted by molar-refractivity contribution is -0.135. The molecule has 0 aliphatic carbocycles. The lowest BCUT2D eigenvalue weighted by Gasteiger charge is -2.35. The number of amides is 1. The molecule has 154 valence electrons. The maximum absolute atomic E-state index is 13.1. The zero-order chi connectivity index (χ0) is 20.5. The van der Waals surface area contributed by atoms with E-state index in [-0.39, 0.29) is 11.9 Å². The molecule has 0 spiro atoms. The van der Waals surface area contributed by atoms with E-state index >= 15 is 0 Å². The Hall–Kier alpha value is -2.90. The molecule has 1 aliphatic heterocycles. The van der Waals surface area contributed by atoms with Crippen LogP contribution in [0.3, 0.4) is 0 Å². The molecule has 1 amide bonds. The van der Waals surface area contributed by atoms with Crippen molar-refractivity contribution in [3.8, 4) is 11.3 Å². The quantitative estimate of drug-likeness (QED) is 0.661. The molecule has 0 radical (unpaired) electrons. The van der Waals surface area contributed by atoms with Crippen LogP contribution >= 0.6 is 0 Å². The van der Waals surface area contributed by atoms with E-state index in [1.165, 1.54) is 0 Å². The van der Waals surface area contributed by atoms with Crippen molar-refractivity contribution in [2.75, 3.05) is 6.54 Å². The molecule has 8 heteroatoms. The van der Waals surface area contributed by atoms with E-state index in [9.17, 15) is 4.79 Å². The summed E-state index contributed by atoms with van der Waals surface area (Å²) in [5, 5.41) is 13.1. The van der Waals surface area contributed by atoms with Crippen molar-refractivity contribution >= 4 is 5.91 Å². The van der Waals surface area contributed by atoms with E-state index in [4.69, 9.17) is 9.62 Å². The van der Waals surface area contributed by atoms with Gasteiger partial charge in [0.05, 0.1) is 29.2 Å². The molecule has 4 rings (SSSR count). The van der Waals surface area contributed by atoms with Crippen LogP contribution < -0.4 is 0 Å². The number of hydrogen-bond donors (Lipinski definition) is 0. The lowest BCUT2D eigenvalue weighted by Crippen LogP contribution is -2.39. The highest BCUT2D eigenvalue weighted by Gasteiger charge is 2.33. The third kappa shape index (κ3) is 3.83. The summed E-state index contributed by atoms with van der Waals surface area (Å²) in [7, 11) is 1.90. The normalized spacial score (nSPS) is 17.1. The van der Waals surface area contributed by atoms with E-state index in [1.54, 1.807) is 4.68 Å². The van der Waals surface area contributed by atoms with Gasteiger partial charge in [0, 0.05) is 44.5 Å². The van der Waals surface area contributed by atoms with E-state index < -0.39 is 0 Å². The van der Waals surface area contributed by atoms with Gasteiger partial charge in [-0.25, -0.2) is 0 Å². The van der Waals surface area contributed by atoms with Gasteiger partial charge in [-0.3, -0.25) is 14.2 Å². The summed E-state index contributed by atoms with van der Waals surface area (Å²) in [6.45, 7) is 7.29. The molecule has 1 saturated heterocycles. The van der Waals surface area contributed by atoms with Crippen molar-refractivity contribution in [2.45, 2.75) is 59.0 Å². The van der Waals surface area contributed by atoms with Crippen LogP contribution in [0.4, 0.5) is 0 Å². The summed E-state index contributed by atoms with van der Waals surface area (Å²) < 4.78 is 9.24. The third-order valence-electron chi connectivity index (χ3n) is 5.72. The second-order valence-electron chi connectivity index (χ2n) is 7.95. The smallest absolute Gasteiger partial charge is 0.225 e. The summed E-state index contributed by atoms with van der Waals surface area (Å²) in [6, 6.07) is -0.0448. The first-order valence-corrected chi connectivity index (χ1v) is 10.2.